The first kappa shape index (κ1) is 23.6. The van der Waals surface area contributed by atoms with E-state index in [0.29, 0.717) is 35.8 Å². The van der Waals surface area contributed by atoms with Gasteiger partial charge in [-0.05, 0) is 54.4 Å². The maximum Gasteiger partial charge on any atom is 0.251 e. The predicted octanol–water partition coefficient (Wildman–Crippen LogP) is 4.05. The molecule has 1 N–H and O–H groups in total. The quantitative estimate of drug-likeness (QED) is 0.547. The highest BCUT2D eigenvalue weighted by atomic mass is 32.2. The molecule has 0 unspecified atom stereocenters. The molecular weight excluding hydrogens is 459 g/mol. The molecule has 0 bridgehead atoms. The van der Waals surface area contributed by atoms with Crippen molar-refractivity contribution in [1.82, 2.24) is 5.32 Å². The van der Waals surface area contributed by atoms with E-state index in [9.17, 15) is 17.6 Å². The summed E-state index contributed by atoms with van der Waals surface area (Å²) in [6.07, 6.45) is 1.03. The van der Waals surface area contributed by atoms with Gasteiger partial charge in [0.05, 0.1) is 24.5 Å². The number of nitrogens with zero attached hydrogens (tertiary/aromatic N) is 1. The minimum atomic E-state index is -3.72. The number of fused-ring (bicyclic) bond motifs is 1. The van der Waals surface area contributed by atoms with Crippen LogP contribution in [0.3, 0.4) is 0 Å². The number of benzene rings is 3. The number of sulfonamides is 1. The number of carbonyl (C=O) groups is 1. The Morgan fingerprint density at radius 3 is 2.38 bits per heavy atom. The lowest BCUT2D eigenvalue weighted by molar-refractivity contribution is 0.0939. The summed E-state index contributed by atoms with van der Waals surface area (Å²) in [6, 6.07) is 17.5. The Kier molecular flexibility index (Phi) is 6.74. The molecule has 1 atom stereocenters. The van der Waals surface area contributed by atoms with Gasteiger partial charge in [0, 0.05) is 5.56 Å². The topological polar surface area (TPSA) is 84.9 Å². The van der Waals surface area contributed by atoms with Gasteiger partial charge < -0.3 is 14.8 Å². The number of halogens is 1. The monoisotopic (exact) mass is 484 g/mol. The number of carbonyl (C=O) groups excluding carboxylic acids is 1. The molecular formula is C25H25FN2O5S. The van der Waals surface area contributed by atoms with E-state index in [1.807, 2.05) is 25.1 Å². The van der Waals surface area contributed by atoms with Crippen molar-refractivity contribution in [2.75, 3.05) is 23.8 Å². The van der Waals surface area contributed by atoms with Crippen molar-refractivity contribution < 1.29 is 27.1 Å². The van der Waals surface area contributed by atoms with Crippen LogP contribution in [0.4, 0.5) is 10.1 Å². The standard InChI is InChI=1S/C25H25FN2O5S/c1-17(20-11-12-23-24(15-20)33-14-13-32-23)27-25(29)19-9-7-18(8-10-19)16-28(34(2,30)31)22-6-4-3-5-21(22)26/h3-12,15,17H,13-14,16H2,1-2H3,(H,27,29)/t17-/m1/s1. The summed E-state index contributed by atoms with van der Waals surface area (Å²) in [5.41, 5.74) is 1.89. The Hall–Kier alpha value is -3.59. The van der Waals surface area contributed by atoms with Crippen LogP contribution in [0.2, 0.25) is 0 Å². The van der Waals surface area contributed by atoms with Gasteiger partial charge in [-0.1, -0.05) is 30.3 Å². The summed E-state index contributed by atoms with van der Waals surface area (Å²) < 4.78 is 50.9. The average Bonchev–Trinajstić information content (AvgIpc) is 2.82. The lowest BCUT2D eigenvalue weighted by atomic mass is 10.1. The number of amides is 1. The van der Waals surface area contributed by atoms with Crippen molar-refractivity contribution >= 4 is 21.6 Å². The number of para-hydroxylation sites is 1. The number of nitrogens with one attached hydrogen (secondary N) is 1. The summed E-state index contributed by atoms with van der Waals surface area (Å²) >= 11 is 0. The van der Waals surface area contributed by atoms with Crippen LogP contribution in [-0.4, -0.2) is 33.8 Å². The third kappa shape index (κ3) is 5.31. The zero-order chi connectivity index (χ0) is 24.3. The Morgan fingerprint density at radius 2 is 1.71 bits per heavy atom. The first-order valence-corrected chi connectivity index (χ1v) is 12.6. The van der Waals surface area contributed by atoms with E-state index in [4.69, 9.17) is 9.47 Å². The van der Waals surface area contributed by atoms with Crippen LogP contribution in [0, 0.1) is 5.82 Å². The van der Waals surface area contributed by atoms with E-state index in [1.54, 1.807) is 30.3 Å². The zero-order valence-electron chi connectivity index (χ0n) is 18.8. The molecule has 34 heavy (non-hydrogen) atoms. The van der Waals surface area contributed by atoms with E-state index in [1.165, 1.54) is 18.2 Å². The molecule has 3 aromatic rings. The maximum absolute atomic E-state index is 14.2. The Morgan fingerprint density at radius 1 is 1.03 bits per heavy atom. The molecule has 0 saturated heterocycles. The lowest BCUT2D eigenvalue weighted by Gasteiger charge is -2.23. The van der Waals surface area contributed by atoms with Crippen molar-refractivity contribution in [2.45, 2.75) is 19.5 Å². The summed E-state index contributed by atoms with van der Waals surface area (Å²) in [6.45, 7) is 2.80. The van der Waals surface area contributed by atoms with Gasteiger partial charge in [0.2, 0.25) is 10.0 Å². The highest BCUT2D eigenvalue weighted by molar-refractivity contribution is 7.92. The van der Waals surface area contributed by atoms with E-state index in [-0.39, 0.29) is 24.2 Å². The highest BCUT2D eigenvalue weighted by Gasteiger charge is 2.21. The molecule has 0 aliphatic carbocycles. The number of rotatable bonds is 7. The van der Waals surface area contributed by atoms with E-state index in [0.717, 1.165) is 16.1 Å². The van der Waals surface area contributed by atoms with Crippen molar-refractivity contribution in [3.8, 4) is 11.5 Å². The van der Waals surface area contributed by atoms with E-state index < -0.39 is 15.8 Å². The van der Waals surface area contributed by atoms with Crippen molar-refractivity contribution in [3.63, 3.8) is 0 Å². The van der Waals surface area contributed by atoms with Gasteiger partial charge in [-0.3, -0.25) is 9.10 Å². The number of ether oxygens (including phenoxy) is 2. The molecule has 1 heterocycles. The molecule has 9 heteroatoms. The fraction of sp³-hybridized carbons (Fsp3) is 0.240. The van der Waals surface area contributed by atoms with Gasteiger partial charge in [-0.15, -0.1) is 0 Å². The van der Waals surface area contributed by atoms with Crippen LogP contribution in [0.5, 0.6) is 11.5 Å². The molecule has 7 nitrogen and oxygen atoms in total. The highest BCUT2D eigenvalue weighted by Crippen LogP contribution is 2.32. The largest absolute Gasteiger partial charge is 0.486 e. The minimum Gasteiger partial charge on any atom is -0.486 e. The number of hydrogen-bond donors (Lipinski definition) is 1. The maximum atomic E-state index is 14.2. The molecule has 1 amide bonds. The predicted molar refractivity (Wildman–Crippen MR) is 127 cm³/mol. The fourth-order valence-electron chi connectivity index (χ4n) is 3.66. The van der Waals surface area contributed by atoms with Gasteiger partial charge >= 0.3 is 0 Å². The summed E-state index contributed by atoms with van der Waals surface area (Å²) in [5, 5.41) is 2.95. The molecule has 4 rings (SSSR count). The zero-order valence-corrected chi connectivity index (χ0v) is 19.6. The molecule has 0 radical (unpaired) electrons. The second-order valence-corrected chi connectivity index (χ2v) is 9.92. The second-order valence-electron chi connectivity index (χ2n) is 8.02. The van der Waals surface area contributed by atoms with Gasteiger partial charge in [0.1, 0.15) is 19.0 Å². The van der Waals surface area contributed by atoms with Crippen LogP contribution in [-0.2, 0) is 16.6 Å². The molecule has 1 aliphatic heterocycles. The number of hydrogen-bond acceptors (Lipinski definition) is 5. The van der Waals surface area contributed by atoms with Gasteiger partial charge in [-0.25, -0.2) is 12.8 Å². The fourth-order valence-corrected chi connectivity index (χ4v) is 4.54. The first-order valence-electron chi connectivity index (χ1n) is 10.7. The summed E-state index contributed by atoms with van der Waals surface area (Å²) in [4.78, 5) is 12.8. The van der Waals surface area contributed by atoms with Crippen LogP contribution in [0.25, 0.3) is 0 Å². The number of anilines is 1. The van der Waals surface area contributed by atoms with Crippen LogP contribution >= 0.6 is 0 Å². The van der Waals surface area contributed by atoms with Crippen LogP contribution < -0.4 is 19.1 Å². The van der Waals surface area contributed by atoms with Crippen LogP contribution in [0.15, 0.2) is 66.7 Å². The van der Waals surface area contributed by atoms with Gasteiger partial charge in [0.25, 0.3) is 5.91 Å². The van der Waals surface area contributed by atoms with Gasteiger partial charge in [-0.2, -0.15) is 0 Å². The smallest absolute Gasteiger partial charge is 0.251 e. The van der Waals surface area contributed by atoms with Crippen LogP contribution in [0.1, 0.15) is 34.5 Å². The normalized spacial score (nSPS) is 13.7. The molecule has 0 saturated carbocycles. The summed E-state index contributed by atoms with van der Waals surface area (Å²) in [7, 11) is -3.72. The first-order chi connectivity index (χ1) is 16.2. The SMILES string of the molecule is C[C@@H](NC(=O)c1ccc(CN(c2ccccc2F)S(C)(=O)=O)cc1)c1ccc2c(c1)OCCO2. The van der Waals surface area contributed by atoms with Crippen molar-refractivity contribution in [3.05, 3.63) is 89.2 Å². The lowest BCUT2D eigenvalue weighted by Crippen LogP contribution is -2.30. The molecule has 1 aliphatic rings. The molecule has 0 fully saturated rings. The Balaban J connectivity index is 1.45. The Labute approximate surface area is 198 Å². The van der Waals surface area contributed by atoms with E-state index in [2.05, 4.69) is 5.32 Å². The molecule has 0 aromatic heterocycles. The Bertz CT molecular complexity index is 1290. The third-order valence-corrected chi connectivity index (χ3v) is 6.60. The second kappa shape index (κ2) is 9.72. The van der Waals surface area contributed by atoms with Crippen molar-refractivity contribution in [2.24, 2.45) is 0 Å². The minimum absolute atomic E-state index is 0.0277. The van der Waals surface area contributed by atoms with Gasteiger partial charge in [0.15, 0.2) is 11.5 Å². The van der Waals surface area contributed by atoms with E-state index >= 15 is 0 Å². The molecule has 178 valence electrons. The average molecular weight is 485 g/mol. The molecule has 0 spiro atoms. The van der Waals surface area contributed by atoms with Crippen molar-refractivity contribution in [1.29, 1.82) is 0 Å². The summed E-state index contributed by atoms with van der Waals surface area (Å²) in [5.74, 6) is 0.433. The third-order valence-electron chi connectivity index (χ3n) is 5.48. The molecule has 3 aromatic carbocycles.